The molecule has 2 heterocycles. The van der Waals surface area contributed by atoms with Crippen LogP contribution in [-0.4, -0.2) is 30.6 Å². The van der Waals surface area contributed by atoms with Gasteiger partial charge in [0.15, 0.2) is 11.1 Å². The maximum Gasteiger partial charge on any atom is 0.229 e. The van der Waals surface area contributed by atoms with E-state index in [2.05, 4.69) is 18.7 Å². The van der Waals surface area contributed by atoms with Crippen LogP contribution in [0.5, 0.6) is 0 Å². The van der Waals surface area contributed by atoms with Crippen LogP contribution in [0.3, 0.4) is 0 Å². The zero-order chi connectivity index (χ0) is 12.8. The SMILES string of the molecule is Nc1n[s+]([O-])[nH]c1=NCCSCc1ccccn1. The van der Waals surface area contributed by atoms with Gasteiger partial charge in [0.25, 0.3) is 0 Å². The minimum absolute atomic E-state index is 0.211. The minimum atomic E-state index is -1.45. The molecule has 0 bridgehead atoms. The van der Waals surface area contributed by atoms with Crippen LogP contribution in [0.25, 0.3) is 0 Å². The second-order valence-electron chi connectivity index (χ2n) is 3.43. The Labute approximate surface area is 111 Å². The topological polar surface area (TPSA) is 103 Å². The molecule has 0 saturated carbocycles. The number of aromatic amines is 1. The number of nitrogens with two attached hydrogens (primary N) is 1. The molecule has 18 heavy (non-hydrogen) atoms. The quantitative estimate of drug-likeness (QED) is 0.628. The van der Waals surface area contributed by atoms with Gasteiger partial charge in [0.05, 0.1) is 12.2 Å². The third-order valence-corrected chi connectivity index (χ3v) is 3.79. The lowest BCUT2D eigenvalue weighted by atomic mass is 10.4. The zero-order valence-electron chi connectivity index (χ0n) is 9.57. The summed E-state index contributed by atoms with van der Waals surface area (Å²) in [5.74, 6) is 1.92. The van der Waals surface area contributed by atoms with Crippen molar-refractivity contribution in [3.05, 3.63) is 35.6 Å². The summed E-state index contributed by atoms with van der Waals surface area (Å²) < 4.78 is 17.2. The van der Waals surface area contributed by atoms with E-state index in [1.807, 2.05) is 18.2 Å². The molecular weight excluding hydrogens is 270 g/mol. The van der Waals surface area contributed by atoms with Crippen molar-refractivity contribution in [3.63, 3.8) is 0 Å². The third kappa shape index (κ3) is 3.83. The summed E-state index contributed by atoms with van der Waals surface area (Å²) in [4.78, 5) is 8.43. The molecule has 2 rings (SSSR count). The van der Waals surface area contributed by atoms with Gasteiger partial charge in [-0.05, 0) is 12.1 Å². The van der Waals surface area contributed by atoms with E-state index >= 15 is 0 Å². The molecule has 0 amide bonds. The van der Waals surface area contributed by atoms with E-state index in [-0.39, 0.29) is 5.82 Å². The first kappa shape index (κ1) is 13.1. The molecule has 0 aromatic carbocycles. The summed E-state index contributed by atoms with van der Waals surface area (Å²) in [5.41, 5.74) is 7.00. The van der Waals surface area contributed by atoms with Crippen LogP contribution >= 0.6 is 22.9 Å². The number of anilines is 1. The highest BCUT2D eigenvalue weighted by molar-refractivity contribution is 7.98. The van der Waals surface area contributed by atoms with E-state index in [1.165, 1.54) is 0 Å². The number of hydrogen-bond acceptors (Lipinski definition) is 6. The average molecular weight is 283 g/mol. The van der Waals surface area contributed by atoms with Gasteiger partial charge in [-0.15, -0.1) is 4.37 Å². The number of H-pyrrole nitrogens is 1. The van der Waals surface area contributed by atoms with Gasteiger partial charge in [0, 0.05) is 22.1 Å². The predicted molar refractivity (Wildman–Crippen MR) is 72.5 cm³/mol. The monoisotopic (exact) mass is 283 g/mol. The maximum atomic E-state index is 11.0. The fourth-order valence-electron chi connectivity index (χ4n) is 1.29. The highest BCUT2D eigenvalue weighted by atomic mass is 32.2. The van der Waals surface area contributed by atoms with Crippen molar-refractivity contribution in [1.29, 1.82) is 0 Å². The summed E-state index contributed by atoms with van der Waals surface area (Å²) in [6.45, 7) is 0.604. The molecule has 1 unspecified atom stereocenters. The Kier molecular flexibility index (Phi) is 4.73. The summed E-state index contributed by atoms with van der Waals surface area (Å²) in [6.07, 6.45) is 1.78. The van der Waals surface area contributed by atoms with Crippen molar-refractivity contribution in [1.82, 2.24) is 13.7 Å². The highest BCUT2D eigenvalue weighted by Crippen LogP contribution is 2.08. The minimum Gasteiger partial charge on any atom is -0.548 e. The smallest absolute Gasteiger partial charge is 0.229 e. The van der Waals surface area contributed by atoms with Crippen LogP contribution in [0.4, 0.5) is 5.82 Å². The van der Waals surface area contributed by atoms with Crippen molar-refractivity contribution in [2.24, 2.45) is 4.99 Å². The van der Waals surface area contributed by atoms with Gasteiger partial charge in [-0.2, -0.15) is 11.8 Å². The van der Waals surface area contributed by atoms with Crippen LogP contribution in [0.1, 0.15) is 5.69 Å². The Hall–Kier alpha value is -1.38. The maximum absolute atomic E-state index is 11.0. The molecule has 0 aliphatic carbocycles. The molecule has 8 heteroatoms. The number of thioether (sulfide) groups is 1. The van der Waals surface area contributed by atoms with Gasteiger partial charge in [0.2, 0.25) is 11.3 Å². The van der Waals surface area contributed by atoms with E-state index in [0.29, 0.717) is 12.0 Å². The molecule has 3 N–H and O–H groups in total. The molecular formula is C10H13N5OS2. The van der Waals surface area contributed by atoms with Crippen LogP contribution in [0, 0.1) is 0 Å². The predicted octanol–water partition coefficient (Wildman–Crippen LogP) is 0.949. The molecule has 1 atom stereocenters. The Balaban J connectivity index is 1.77. The van der Waals surface area contributed by atoms with Gasteiger partial charge in [-0.1, -0.05) is 6.07 Å². The molecule has 0 radical (unpaired) electrons. The summed E-state index contributed by atoms with van der Waals surface area (Å²) in [6, 6.07) is 5.86. The Bertz CT molecular complexity index is 551. The van der Waals surface area contributed by atoms with Crippen molar-refractivity contribution in [2.75, 3.05) is 18.0 Å². The van der Waals surface area contributed by atoms with Crippen molar-refractivity contribution < 1.29 is 4.55 Å². The second kappa shape index (κ2) is 6.53. The number of nitrogen functional groups attached to an aromatic ring is 1. The first-order chi connectivity index (χ1) is 8.75. The van der Waals surface area contributed by atoms with Gasteiger partial charge < -0.3 is 10.3 Å². The van der Waals surface area contributed by atoms with Gasteiger partial charge >= 0.3 is 0 Å². The Morgan fingerprint density at radius 3 is 3.06 bits per heavy atom. The van der Waals surface area contributed by atoms with Gasteiger partial charge in [0.1, 0.15) is 0 Å². The lowest BCUT2D eigenvalue weighted by Crippen LogP contribution is -2.09. The summed E-state index contributed by atoms with van der Waals surface area (Å²) in [7, 11) is 0. The normalized spacial score (nSPS) is 12.9. The molecule has 0 spiro atoms. The fourth-order valence-corrected chi connectivity index (χ4v) is 2.68. The second-order valence-corrected chi connectivity index (χ2v) is 5.42. The van der Waals surface area contributed by atoms with Crippen LogP contribution in [0.15, 0.2) is 29.4 Å². The fraction of sp³-hybridized carbons (Fsp3) is 0.300. The standard InChI is InChI=1S/C10H13N5OS2/c11-9-10(15-18(16)14-9)13-5-6-17-7-8-3-1-2-4-12-8/h1-4H,5-7H2,(H2,11,14)(H,13,15). The summed E-state index contributed by atoms with van der Waals surface area (Å²) >= 11 is 0.283. The van der Waals surface area contributed by atoms with E-state index in [4.69, 9.17) is 5.73 Å². The van der Waals surface area contributed by atoms with Gasteiger partial charge in [-0.3, -0.25) is 9.98 Å². The lowest BCUT2D eigenvalue weighted by molar-refractivity contribution is 0.584. The lowest BCUT2D eigenvalue weighted by Gasteiger charge is -1.98. The van der Waals surface area contributed by atoms with Crippen molar-refractivity contribution in [3.8, 4) is 0 Å². The van der Waals surface area contributed by atoms with Crippen LogP contribution in [0.2, 0.25) is 0 Å². The molecule has 0 saturated heterocycles. The Morgan fingerprint density at radius 1 is 1.50 bits per heavy atom. The van der Waals surface area contributed by atoms with E-state index in [9.17, 15) is 4.55 Å². The van der Waals surface area contributed by atoms with Crippen LogP contribution in [-0.2, 0) is 5.75 Å². The number of hydrogen-bond donors (Lipinski definition) is 2. The number of pyridine rings is 1. The van der Waals surface area contributed by atoms with E-state index < -0.39 is 11.1 Å². The number of aromatic nitrogens is 3. The number of nitrogens with one attached hydrogen (secondary N) is 1. The first-order valence-electron chi connectivity index (χ1n) is 5.31. The van der Waals surface area contributed by atoms with Crippen molar-refractivity contribution in [2.45, 2.75) is 5.75 Å². The molecule has 6 nitrogen and oxygen atoms in total. The number of rotatable bonds is 5. The summed E-state index contributed by atoms with van der Waals surface area (Å²) in [5, 5.41) is 0. The van der Waals surface area contributed by atoms with Crippen LogP contribution < -0.4 is 11.2 Å². The third-order valence-electron chi connectivity index (χ3n) is 2.09. The molecule has 0 aliphatic heterocycles. The van der Waals surface area contributed by atoms with Crippen molar-refractivity contribution >= 4 is 28.7 Å². The number of nitrogens with zero attached hydrogens (tertiary/aromatic N) is 3. The molecule has 0 fully saturated rings. The average Bonchev–Trinajstić information content (AvgIpc) is 2.69. The largest absolute Gasteiger partial charge is 0.548 e. The zero-order valence-corrected chi connectivity index (χ0v) is 11.2. The van der Waals surface area contributed by atoms with E-state index in [0.717, 1.165) is 17.2 Å². The van der Waals surface area contributed by atoms with E-state index in [1.54, 1.807) is 18.0 Å². The molecule has 2 aromatic heterocycles. The van der Waals surface area contributed by atoms with Gasteiger partial charge in [-0.25, -0.2) is 0 Å². The Morgan fingerprint density at radius 2 is 2.39 bits per heavy atom. The molecule has 96 valence electrons. The highest BCUT2D eigenvalue weighted by Gasteiger charge is 2.02. The molecule has 2 aromatic rings. The molecule has 0 aliphatic rings. The first-order valence-corrected chi connectivity index (χ1v) is 7.57.